The van der Waals surface area contributed by atoms with Gasteiger partial charge in [0.25, 0.3) is 0 Å². The molecule has 1 aromatic rings. The summed E-state index contributed by atoms with van der Waals surface area (Å²) in [6.45, 7) is 0.678. The van der Waals surface area contributed by atoms with Crippen molar-refractivity contribution in [1.82, 2.24) is 0 Å². The first kappa shape index (κ1) is 12.2. The molecule has 2 aliphatic rings. The Morgan fingerprint density at radius 1 is 1.22 bits per heavy atom. The molecule has 1 aliphatic carbocycles. The number of aliphatic hydroxyl groups excluding tert-OH is 1. The molecule has 0 bridgehead atoms. The number of hydrogen-bond acceptors (Lipinski definition) is 3. The van der Waals surface area contributed by atoms with E-state index in [0.717, 1.165) is 31.2 Å². The van der Waals surface area contributed by atoms with Crippen molar-refractivity contribution in [3.8, 4) is 0 Å². The van der Waals surface area contributed by atoms with E-state index in [2.05, 4.69) is 0 Å². The summed E-state index contributed by atoms with van der Waals surface area (Å²) in [5.74, 6) is -0.581. The van der Waals surface area contributed by atoms with Gasteiger partial charge >= 0.3 is 0 Å². The van der Waals surface area contributed by atoms with Gasteiger partial charge in [-0.15, -0.1) is 0 Å². The van der Waals surface area contributed by atoms with Crippen LogP contribution in [0.4, 0.5) is 0 Å². The third-order valence-corrected chi connectivity index (χ3v) is 4.74. The molecule has 3 unspecified atom stereocenters. The second-order valence-electron chi connectivity index (χ2n) is 5.38. The van der Waals surface area contributed by atoms with E-state index in [4.69, 9.17) is 9.47 Å². The van der Waals surface area contributed by atoms with E-state index in [-0.39, 0.29) is 5.41 Å². The van der Waals surface area contributed by atoms with Crippen molar-refractivity contribution in [3.05, 3.63) is 35.9 Å². The van der Waals surface area contributed by atoms with Crippen LogP contribution in [0, 0.1) is 5.41 Å². The Hall–Kier alpha value is -0.900. The third kappa shape index (κ3) is 1.48. The summed E-state index contributed by atoms with van der Waals surface area (Å²) in [5, 5.41) is 10.8. The smallest absolute Gasteiger partial charge is 0.176 e. The fraction of sp³-hybridized carbons (Fsp3) is 0.600. The maximum absolute atomic E-state index is 10.8. The summed E-state index contributed by atoms with van der Waals surface area (Å²) in [5.41, 5.74) is 0.689. The molecule has 3 heteroatoms. The van der Waals surface area contributed by atoms with Gasteiger partial charge in [0.2, 0.25) is 0 Å². The lowest BCUT2D eigenvalue weighted by atomic mass is 9.73. The van der Waals surface area contributed by atoms with Gasteiger partial charge < -0.3 is 14.6 Å². The van der Waals surface area contributed by atoms with Gasteiger partial charge in [0.05, 0.1) is 18.1 Å². The highest BCUT2D eigenvalue weighted by Crippen LogP contribution is 2.61. The normalized spacial score (nSPS) is 36.6. The number of ether oxygens (including phenoxy) is 2. The molecule has 98 valence electrons. The number of fused-ring (bicyclic) bond motifs is 1. The molecule has 0 spiro atoms. The molecule has 1 aliphatic heterocycles. The Labute approximate surface area is 108 Å². The van der Waals surface area contributed by atoms with Crippen LogP contribution in [-0.2, 0) is 9.47 Å². The summed E-state index contributed by atoms with van der Waals surface area (Å²) >= 11 is 0. The minimum absolute atomic E-state index is 0.275. The van der Waals surface area contributed by atoms with Crippen LogP contribution in [0.1, 0.15) is 37.4 Å². The fourth-order valence-electron chi connectivity index (χ4n) is 3.81. The van der Waals surface area contributed by atoms with Crippen molar-refractivity contribution in [2.75, 3.05) is 13.7 Å². The SMILES string of the molecule is COC12CCCC1(C(O)c1ccccc1)CCO2. The molecule has 1 heterocycles. The molecule has 3 nitrogen and oxygen atoms in total. The van der Waals surface area contributed by atoms with E-state index in [0.29, 0.717) is 6.61 Å². The lowest BCUT2D eigenvalue weighted by molar-refractivity contribution is -0.252. The van der Waals surface area contributed by atoms with E-state index < -0.39 is 11.9 Å². The molecular formula is C15H20O3. The molecule has 1 aromatic carbocycles. The first-order valence-corrected chi connectivity index (χ1v) is 6.66. The number of hydrogen-bond donors (Lipinski definition) is 1. The van der Waals surface area contributed by atoms with Crippen molar-refractivity contribution in [2.24, 2.45) is 5.41 Å². The lowest BCUT2D eigenvalue weighted by Crippen LogP contribution is -2.46. The van der Waals surface area contributed by atoms with Crippen molar-refractivity contribution in [3.63, 3.8) is 0 Å². The van der Waals surface area contributed by atoms with Crippen molar-refractivity contribution < 1.29 is 14.6 Å². The molecule has 0 amide bonds. The summed E-state index contributed by atoms with van der Waals surface area (Å²) < 4.78 is 11.6. The van der Waals surface area contributed by atoms with Crippen LogP contribution in [-0.4, -0.2) is 24.6 Å². The molecule has 3 rings (SSSR count). The van der Waals surface area contributed by atoms with E-state index in [1.807, 2.05) is 30.3 Å². The third-order valence-electron chi connectivity index (χ3n) is 4.74. The molecule has 1 saturated heterocycles. The monoisotopic (exact) mass is 248 g/mol. The summed E-state index contributed by atoms with van der Waals surface area (Å²) in [6.07, 6.45) is 3.27. The fourth-order valence-corrected chi connectivity index (χ4v) is 3.81. The number of benzene rings is 1. The molecule has 1 N–H and O–H groups in total. The molecular weight excluding hydrogens is 228 g/mol. The minimum Gasteiger partial charge on any atom is -0.388 e. The van der Waals surface area contributed by atoms with Gasteiger partial charge in [-0.1, -0.05) is 30.3 Å². The molecule has 18 heavy (non-hydrogen) atoms. The van der Waals surface area contributed by atoms with Gasteiger partial charge in [0.1, 0.15) is 0 Å². The van der Waals surface area contributed by atoms with Gasteiger partial charge in [-0.25, -0.2) is 0 Å². The first-order chi connectivity index (χ1) is 8.74. The quantitative estimate of drug-likeness (QED) is 0.893. The van der Waals surface area contributed by atoms with E-state index in [9.17, 15) is 5.11 Å². The zero-order valence-corrected chi connectivity index (χ0v) is 10.8. The maximum atomic E-state index is 10.8. The topological polar surface area (TPSA) is 38.7 Å². The van der Waals surface area contributed by atoms with Crippen LogP contribution < -0.4 is 0 Å². The van der Waals surface area contributed by atoms with Crippen LogP contribution in [0.2, 0.25) is 0 Å². The largest absolute Gasteiger partial charge is 0.388 e. The van der Waals surface area contributed by atoms with Gasteiger partial charge in [-0.05, 0) is 24.8 Å². The number of rotatable bonds is 3. The Morgan fingerprint density at radius 3 is 2.72 bits per heavy atom. The van der Waals surface area contributed by atoms with Crippen molar-refractivity contribution in [1.29, 1.82) is 0 Å². The molecule has 0 radical (unpaired) electrons. The Morgan fingerprint density at radius 2 is 2.00 bits per heavy atom. The van der Waals surface area contributed by atoms with Crippen molar-refractivity contribution >= 4 is 0 Å². The molecule has 3 atom stereocenters. The number of methoxy groups -OCH3 is 1. The summed E-state index contributed by atoms with van der Waals surface area (Å²) in [6, 6.07) is 9.87. The van der Waals surface area contributed by atoms with Crippen LogP contribution in [0.15, 0.2) is 30.3 Å². The molecule has 1 saturated carbocycles. The molecule has 2 fully saturated rings. The van der Waals surface area contributed by atoms with Crippen molar-refractivity contribution in [2.45, 2.75) is 37.6 Å². The standard InChI is InChI=1S/C15H20O3/c1-17-15-9-5-8-14(15,10-11-18-15)13(16)12-6-3-2-4-7-12/h2-4,6-7,13,16H,5,8-11H2,1H3. The molecule has 0 aromatic heterocycles. The predicted octanol–water partition coefficient (Wildman–Crippen LogP) is 2.65. The second kappa shape index (κ2) is 4.34. The van der Waals surface area contributed by atoms with Gasteiger partial charge in [-0.2, -0.15) is 0 Å². The average molecular weight is 248 g/mol. The van der Waals surface area contributed by atoms with Gasteiger partial charge in [0, 0.05) is 13.5 Å². The lowest BCUT2D eigenvalue weighted by Gasteiger charge is -2.41. The van der Waals surface area contributed by atoms with E-state index >= 15 is 0 Å². The maximum Gasteiger partial charge on any atom is 0.176 e. The van der Waals surface area contributed by atoms with E-state index in [1.54, 1.807) is 7.11 Å². The van der Waals surface area contributed by atoms with Crippen LogP contribution in [0.25, 0.3) is 0 Å². The van der Waals surface area contributed by atoms with Gasteiger partial charge in [-0.3, -0.25) is 0 Å². The zero-order chi connectivity index (χ0) is 12.6. The second-order valence-corrected chi connectivity index (χ2v) is 5.38. The predicted molar refractivity (Wildman–Crippen MR) is 68.0 cm³/mol. The zero-order valence-electron chi connectivity index (χ0n) is 10.8. The van der Waals surface area contributed by atoms with E-state index in [1.165, 1.54) is 0 Å². The highest BCUT2D eigenvalue weighted by Gasteiger charge is 2.63. The Bertz CT molecular complexity index is 405. The van der Waals surface area contributed by atoms with Crippen LogP contribution in [0.3, 0.4) is 0 Å². The summed E-state index contributed by atoms with van der Waals surface area (Å²) in [4.78, 5) is 0. The summed E-state index contributed by atoms with van der Waals surface area (Å²) in [7, 11) is 1.70. The average Bonchev–Trinajstić information content (AvgIpc) is 2.94. The highest BCUT2D eigenvalue weighted by molar-refractivity contribution is 5.23. The highest BCUT2D eigenvalue weighted by atomic mass is 16.7. The van der Waals surface area contributed by atoms with Gasteiger partial charge in [0.15, 0.2) is 5.79 Å². The minimum atomic E-state index is -0.581. The Kier molecular flexibility index (Phi) is 2.93. The first-order valence-electron chi connectivity index (χ1n) is 6.66. The van der Waals surface area contributed by atoms with Crippen LogP contribution >= 0.6 is 0 Å². The number of aliphatic hydroxyl groups is 1. The Balaban J connectivity index is 1.99. The van der Waals surface area contributed by atoms with Crippen LogP contribution in [0.5, 0.6) is 0 Å².